The highest BCUT2D eigenvalue weighted by molar-refractivity contribution is 5.99. The van der Waals surface area contributed by atoms with Crippen LogP contribution in [0.2, 0.25) is 0 Å². The topological polar surface area (TPSA) is 88.4 Å². The van der Waals surface area contributed by atoms with Gasteiger partial charge in [-0.05, 0) is 13.3 Å². The number of amides is 1. The third-order valence-corrected chi connectivity index (χ3v) is 2.71. The van der Waals surface area contributed by atoms with Crippen LogP contribution in [0.5, 0.6) is 0 Å². The molecule has 0 saturated heterocycles. The summed E-state index contributed by atoms with van der Waals surface area (Å²) in [5.41, 5.74) is 0.0434. The lowest BCUT2D eigenvalue weighted by Crippen LogP contribution is -2.32. The summed E-state index contributed by atoms with van der Waals surface area (Å²) in [5.74, 6) is 0.107. The van der Waals surface area contributed by atoms with Gasteiger partial charge in [0.15, 0.2) is 0 Å². The van der Waals surface area contributed by atoms with Crippen LogP contribution in [0.4, 0.5) is 11.5 Å². The lowest BCUT2D eigenvalue weighted by molar-refractivity contribution is -0.385. The summed E-state index contributed by atoms with van der Waals surface area (Å²) in [5, 5.41) is 13.5. The zero-order valence-corrected chi connectivity index (χ0v) is 11.3. The number of pyridine rings is 1. The molecule has 1 amide bonds. The minimum atomic E-state index is -0.556. The van der Waals surface area contributed by atoms with E-state index < -0.39 is 4.92 Å². The minimum Gasteiger partial charge on any atom is -0.372 e. The number of hydrogen-bond acceptors (Lipinski definition) is 5. The van der Waals surface area contributed by atoms with E-state index in [4.69, 9.17) is 0 Å². The molecule has 0 saturated carbocycles. The van der Waals surface area contributed by atoms with Gasteiger partial charge in [0, 0.05) is 26.2 Å². The van der Waals surface area contributed by atoms with E-state index in [9.17, 15) is 14.9 Å². The Bertz CT molecular complexity index is 476. The fraction of sp³-hybridized carbons (Fsp3) is 0.500. The first-order valence-corrected chi connectivity index (χ1v) is 6.16. The van der Waals surface area contributed by atoms with Crippen LogP contribution in [0.15, 0.2) is 12.3 Å². The molecule has 0 atom stereocenters. The SMILES string of the molecule is CCCN(CC)C(=O)c1cc([N+](=O)[O-])cnc1NC. The Morgan fingerprint density at radius 3 is 2.68 bits per heavy atom. The summed E-state index contributed by atoms with van der Waals surface area (Å²) in [4.78, 5) is 28.1. The first-order valence-electron chi connectivity index (χ1n) is 6.16. The Morgan fingerprint density at radius 2 is 2.21 bits per heavy atom. The Labute approximate surface area is 111 Å². The average molecular weight is 266 g/mol. The number of nitrogens with one attached hydrogen (secondary N) is 1. The molecule has 19 heavy (non-hydrogen) atoms. The predicted molar refractivity (Wildman–Crippen MR) is 72.3 cm³/mol. The maximum Gasteiger partial charge on any atom is 0.288 e. The lowest BCUT2D eigenvalue weighted by Gasteiger charge is -2.21. The molecular weight excluding hydrogens is 248 g/mol. The molecule has 1 heterocycles. The molecule has 0 bridgehead atoms. The number of nitro groups is 1. The molecule has 0 spiro atoms. The van der Waals surface area contributed by atoms with Crippen molar-refractivity contribution in [3.05, 3.63) is 27.9 Å². The molecule has 0 unspecified atom stereocenters. The van der Waals surface area contributed by atoms with Gasteiger partial charge in [0.1, 0.15) is 12.0 Å². The molecule has 7 nitrogen and oxygen atoms in total. The number of anilines is 1. The summed E-state index contributed by atoms with van der Waals surface area (Å²) >= 11 is 0. The molecule has 1 aromatic rings. The van der Waals surface area contributed by atoms with Gasteiger partial charge in [0.05, 0.1) is 10.5 Å². The monoisotopic (exact) mass is 266 g/mol. The number of hydrogen-bond donors (Lipinski definition) is 1. The summed E-state index contributed by atoms with van der Waals surface area (Å²) in [6, 6.07) is 1.26. The van der Waals surface area contributed by atoms with Gasteiger partial charge in [-0.25, -0.2) is 4.98 Å². The van der Waals surface area contributed by atoms with Crippen molar-refractivity contribution in [1.29, 1.82) is 0 Å². The van der Waals surface area contributed by atoms with Gasteiger partial charge in [-0.3, -0.25) is 14.9 Å². The zero-order valence-electron chi connectivity index (χ0n) is 11.3. The molecule has 1 N–H and O–H groups in total. The first-order chi connectivity index (χ1) is 9.04. The minimum absolute atomic E-state index is 0.185. The van der Waals surface area contributed by atoms with Crippen LogP contribution in [0, 0.1) is 10.1 Å². The molecule has 0 aliphatic carbocycles. The molecule has 0 fully saturated rings. The van der Waals surface area contributed by atoms with Gasteiger partial charge in [-0.15, -0.1) is 0 Å². The van der Waals surface area contributed by atoms with Crippen molar-refractivity contribution in [2.24, 2.45) is 0 Å². The first kappa shape index (κ1) is 14.9. The smallest absolute Gasteiger partial charge is 0.288 e. The Kier molecular flexibility index (Phi) is 5.23. The largest absolute Gasteiger partial charge is 0.372 e. The van der Waals surface area contributed by atoms with E-state index in [1.165, 1.54) is 6.07 Å². The Hall–Kier alpha value is -2.18. The van der Waals surface area contributed by atoms with Crippen molar-refractivity contribution in [3.8, 4) is 0 Å². The fourth-order valence-corrected chi connectivity index (χ4v) is 1.76. The molecule has 104 valence electrons. The maximum absolute atomic E-state index is 12.3. The molecular formula is C12H18N4O3. The third kappa shape index (κ3) is 3.40. The zero-order chi connectivity index (χ0) is 14.4. The van der Waals surface area contributed by atoms with Crippen molar-refractivity contribution < 1.29 is 9.72 Å². The van der Waals surface area contributed by atoms with Crippen LogP contribution in [0.25, 0.3) is 0 Å². The quantitative estimate of drug-likeness (QED) is 0.627. The van der Waals surface area contributed by atoms with Crippen molar-refractivity contribution in [2.45, 2.75) is 20.3 Å². The molecule has 0 aromatic carbocycles. The van der Waals surface area contributed by atoms with E-state index in [2.05, 4.69) is 10.3 Å². The number of rotatable bonds is 6. The second-order valence-corrected chi connectivity index (χ2v) is 3.98. The number of carbonyl (C=O) groups excluding carboxylic acids is 1. The highest BCUT2D eigenvalue weighted by atomic mass is 16.6. The van der Waals surface area contributed by atoms with E-state index in [-0.39, 0.29) is 17.2 Å². The molecule has 0 radical (unpaired) electrons. The highest BCUT2D eigenvalue weighted by Crippen LogP contribution is 2.20. The van der Waals surface area contributed by atoms with E-state index in [1.54, 1.807) is 11.9 Å². The molecule has 1 aromatic heterocycles. The summed E-state index contributed by atoms with van der Waals surface area (Å²) in [6.45, 7) is 5.01. The fourth-order valence-electron chi connectivity index (χ4n) is 1.76. The second kappa shape index (κ2) is 6.67. The summed E-state index contributed by atoms with van der Waals surface area (Å²) in [7, 11) is 1.63. The standard InChI is InChI=1S/C12H18N4O3/c1-4-6-15(5-2)12(17)10-7-9(16(18)19)8-14-11(10)13-3/h7-8H,4-6H2,1-3H3,(H,13,14). The van der Waals surface area contributed by atoms with Crippen molar-refractivity contribution in [3.63, 3.8) is 0 Å². The third-order valence-electron chi connectivity index (χ3n) is 2.71. The molecule has 0 aliphatic heterocycles. The second-order valence-electron chi connectivity index (χ2n) is 3.98. The van der Waals surface area contributed by atoms with Crippen LogP contribution >= 0.6 is 0 Å². The van der Waals surface area contributed by atoms with Gasteiger partial charge in [0.2, 0.25) is 0 Å². The van der Waals surface area contributed by atoms with Crippen molar-refractivity contribution >= 4 is 17.4 Å². The molecule has 0 aliphatic rings. The lowest BCUT2D eigenvalue weighted by atomic mass is 10.2. The van der Waals surface area contributed by atoms with Crippen molar-refractivity contribution in [2.75, 3.05) is 25.5 Å². The van der Waals surface area contributed by atoms with E-state index in [0.717, 1.165) is 12.6 Å². The highest BCUT2D eigenvalue weighted by Gasteiger charge is 2.21. The van der Waals surface area contributed by atoms with Crippen molar-refractivity contribution in [1.82, 2.24) is 9.88 Å². The normalized spacial score (nSPS) is 10.1. The predicted octanol–water partition coefficient (Wildman–Crippen LogP) is 1.90. The van der Waals surface area contributed by atoms with Gasteiger partial charge in [0.25, 0.3) is 11.6 Å². The number of aromatic nitrogens is 1. The van der Waals surface area contributed by atoms with Gasteiger partial charge < -0.3 is 10.2 Å². The van der Waals surface area contributed by atoms with Crippen LogP contribution in [0.3, 0.4) is 0 Å². The van der Waals surface area contributed by atoms with Crippen LogP contribution in [-0.4, -0.2) is 40.9 Å². The number of nitrogens with zero attached hydrogens (tertiary/aromatic N) is 3. The van der Waals surface area contributed by atoms with E-state index >= 15 is 0 Å². The Morgan fingerprint density at radius 1 is 1.53 bits per heavy atom. The maximum atomic E-state index is 12.3. The van der Waals surface area contributed by atoms with E-state index in [1.807, 2.05) is 13.8 Å². The van der Waals surface area contributed by atoms with Crippen LogP contribution < -0.4 is 5.32 Å². The number of carbonyl (C=O) groups is 1. The summed E-state index contributed by atoms with van der Waals surface area (Å²) in [6.07, 6.45) is 1.97. The molecule has 1 rings (SSSR count). The van der Waals surface area contributed by atoms with Gasteiger partial charge in [-0.2, -0.15) is 0 Å². The van der Waals surface area contributed by atoms with Crippen LogP contribution in [0.1, 0.15) is 30.6 Å². The van der Waals surface area contributed by atoms with Gasteiger partial charge >= 0.3 is 0 Å². The van der Waals surface area contributed by atoms with Gasteiger partial charge in [-0.1, -0.05) is 6.92 Å². The van der Waals surface area contributed by atoms with Crippen LogP contribution in [-0.2, 0) is 0 Å². The Balaban J connectivity index is 3.18. The summed E-state index contributed by atoms with van der Waals surface area (Å²) < 4.78 is 0. The molecule has 7 heteroatoms. The van der Waals surface area contributed by atoms with E-state index in [0.29, 0.717) is 18.9 Å². The average Bonchev–Trinajstić information content (AvgIpc) is 2.43.